The molecule has 1 rings (SSSR count). The van der Waals surface area contributed by atoms with Crippen molar-refractivity contribution in [2.45, 2.75) is 39.5 Å². The lowest BCUT2D eigenvalue weighted by Crippen LogP contribution is -2.29. The number of halogens is 1. The van der Waals surface area contributed by atoms with Crippen molar-refractivity contribution in [1.29, 1.82) is 0 Å². The second-order valence-electron chi connectivity index (χ2n) is 4.86. The van der Waals surface area contributed by atoms with Gasteiger partial charge in [-0.15, -0.1) is 0 Å². The van der Waals surface area contributed by atoms with Crippen LogP contribution >= 0.6 is 0 Å². The molecule has 0 saturated heterocycles. The van der Waals surface area contributed by atoms with Crippen molar-refractivity contribution in [3.8, 4) is 0 Å². The zero-order valence-corrected chi connectivity index (χ0v) is 11.7. The second kappa shape index (κ2) is 7.77. The number of nitrogens with one attached hydrogen (secondary N) is 1. The number of amides is 1. The fourth-order valence-corrected chi connectivity index (χ4v) is 1.95. The van der Waals surface area contributed by atoms with E-state index in [-0.39, 0.29) is 11.6 Å². The van der Waals surface area contributed by atoms with Crippen LogP contribution in [0.25, 0.3) is 0 Å². The van der Waals surface area contributed by atoms with Gasteiger partial charge in [-0.2, -0.15) is 0 Å². The van der Waals surface area contributed by atoms with Gasteiger partial charge in [0.15, 0.2) is 0 Å². The highest BCUT2D eigenvalue weighted by molar-refractivity contribution is 5.94. The van der Waals surface area contributed by atoms with Gasteiger partial charge in [0.1, 0.15) is 5.82 Å². The Labute approximate surface area is 114 Å². The average Bonchev–Trinajstić information content (AvgIpc) is 2.41. The van der Waals surface area contributed by atoms with Gasteiger partial charge in [-0.25, -0.2) is 4.39 Å². The highest BCUT2D eigenvalue weighted by Crippen LogP contribution is 2.13. The van der Waals surface area contributed by atoms with Gasteiger partial charge in [0.2, 0.25) is 0 Å². The fourth-order valence-electron chi connectivity index (χ4n) is 1.95. The van der Waals surface area contributed by atoms with Crippen LogP contribution in [0.5, 0.6) is 0 Å². The first-order valence-electron chi connectivity index (χ1n) is 6.91. The molecule has 19 heavy (non-hydrogen) atoms. The summed E-state index contributed by atoms with van der Waals surface area (Å²) < 4.78 is 13.3. The molecule has 0 heterocycles. The Morgan fingerprint density at radius 3 is 2.74 bits per heavy atom. The van der Waals surface area contributed by atoms with E-state index < -0.39 is 5.82 Å². The number of nitrogens with two attached hydrogens (primary N) is 1. The number of benzene rings is 1. The van der Waals surface area contributed by atoms with Gasteiger partial charge < -0.3 is 11.1 Å². The molecule has 0 spiro atoms. The van der Waals surface area contributed by atoms with Gasteiger partial charge in [0, 0.05) is 12.1 Å². The van der Waals surface area contributed by atoms with E-state index in [0.29, 0.717) is 18.0 Å². The molecule has 1 aromatic rings. The molecule has 1 aromatic carbocycles. The molecular weight excluding hydrogens is 243 g/mol. The van der Waals surface area contributed by atoms with E-state index in [0.717, 1.165) is 19.3 Å². The summed E-state index contributed by atoms with van der Waals surface area (Å²) in [4.78, 5) is 11.9. The minimum Gasteiger partial charge on any atom is -0.396 e. The Bertz CT molecular complexity index is 421. The average molecular weight is 266 g/mol. The van der Waals surface area contributed by atoms with Gasteiger partial charge in [0.25, 0.3) is 5.91 Å². The first kappa shape index (κ1) is 15.5. The third-order valence-electron chi connectivity index (χ3n) is 3.36. The van der Waals surface area contributed by atoms with Crippen LogP contribution in [0.2, 0.25) is 0 Å². The zero-order valence-electron chi connectivity index (χ0n) is 11.7. The maximum atomic E-state index is 13.3. The number of rotatable bonds is 7. The Kier molecular flexibility index (Phi) is 6.33. The van der Waals surface area contributed by atoms with Crippen molar-refractivity contribution in [3.63, 3.8) is 0 Å². The maximum absolute atomic E-state index is 13.3. The normalized spacial score (nSPS) is 12.2. The topological polar surface area (TPSA) is 55.1 Å². The van der Waals surface area contributed by atoms with Crippen LogP contribution in [0.1, 0.15) is 49.9 Å². The Balaban J connectivity index is 2.52. The van der Waals surface area contributed by atoms with E-state index >= 15 is 0 Å². The number of hydrogen-bond acceptors (Lipinski definition) is 2. The van der Waals surface area contributed by atoms with E-state index in [1.807, 2.05) is 0 Å². The molecular formula is C15H23FN2O. The van der Waals surface area contributed by atoms with Crippen LogP contribution in [0.15, 0.2) is 18.2 Å². The first-order valence-corrected chi connectivity index (χ1v) is 6.91. The van der Waals surface area contributed by atoms with E-state index in [1.54, 1.807) is 6.07 Å². The summed E-state index contributed by atoms with van der Waals surface area (Å²) in [5.41, 5.74) is 5.76. The SMILES string of the molecule is CCCCC(CC)CNC(=O)c1ccc(N)c(F)c1. The third-order valence-corrected chi connectivity index (χ3v) is 3.36. The number of hydrogen-bond donors (Lipinski definition) is 2. The fraction of sp³-hybridized carbons (Fsp3) is 0.533. The third kappa shape index (κ3) is 4.89. The molecule has 3 nitrogen and oxygen atoms in total. The highest BCUT2D eigenvalue weighted by atomic mass is 19.1. The molecule has 0 bridgehead atoms. The van der Waals surface area contributed by atoms with Crippen molar-refractivity contribution < 1.29 is 9.18 Å². The molecule has 4 heteroatoms. The van der Waals surface area contributed by atoms with Gasteiger partial charge in [-0.3, -0.25) is 4.79 Å². The lowest BCUT2D eigenvalue weighted by molar-refractivity contribution is 0.0945. The Morgan fingerprint density at radius 2 is 2.16 bits per heavy atom. The lowest BCUT2D eigenvalue weighted by Gasteiger charge is -2.15. The molecule has 0 aliphatic heterocycles. The molecule has 1 atom stereocenters. The Morgan fingerprint density at radius 1 is 1.42 bits per heavy atom. The molecule has 0 saturated carbocycles. The first-order chi connectivity index (χ1) is 9.08. The second-order valence-corrected chi connectivity index (χ2v) is 4.86. The van der Waals surface area contributed by atoms with Crippen LogP contribution in [-0.2, 0) is 0 Å². The predicted octanol–water partition coefficient (Wildman–Crippen LogP) is 3.35. The van der Waals surface area contributed by atoms with E-state index in [9.17, 15) is 9.18 Å². The summed E-state index contributed by atoms with van der Waals surface area (Å²) >= 11 is 0. The summed E-state index contributed by atoms with van der Waals surface area (Å²) in [7, 11) is 0. The molecule has 106 valence electrons. The summed E-state index contributed by atoms with van der Waals surface area (Å²) in [5.74, 6) is -0.304. The summed E-state index contributed by atoms with van der Waals surface area (Å²) in [6, 6.07) is 4.14. The van der Waals surface area contributed by atoms with Gasteiger partial charge in [0.05, 0.1) is 5.69 Å². The van der Waals surface area contributed by atoms with Crippen molar-refractivity contribution in [3.05, 3.63) is 29.6 Å². The molecule has 1 amide bonds. The van der Waals surface area contributed by atoms with Crippen LogP contribution in [0.4, 0.5) is 10.1 Å². The molecule has 0 aromatic heterocycles. The summed E-state index contributed by atoms with van der Waals surface area (Å²) in [6.45, 7) is 4.92. The van der Waals surface area contributed by atoms with Crippen LogP contribution in [0, 0.1) is 11.7 Å². The van der Waals surface area contributed by atoms with E-state index in [1.165, 1.54) is 18.6 Å². The number of anilines is 1. The van der Waals surface area contributed by atoms with Crippen molar-refractivity contribution in [1.82, 2.24) is 5.32 Å². The number of unbranched alkanes of at least 4 members (excludes halogenated alkanes) is 1. The number of nitrogen functional groups attached to an aromatic ring is 1. The highest BCUT2D eigenvalue weighted by Gasteiger charge is 2.11. The molecule has 0 aliphatic carbocycles. The molecule has 0 fully saturated rings. The van der Waals surface area contributed by atoms with Gasteiger partial charge in [-0.05, 0) is 30.5 Å². The predicted molar refractivity (Wildman–Crippen MR) is 76.5 cm³/mol. The zero-order chi connectivity index (χ0) is 14.3. The molecule has 0 aliphatic rings. The summed E-state index contributed by atoms with van der Waals surface area (Å²) in [5, 5.41) is 2.86. The van der Waals surface area contributed by atoms with Crippen molar-refractivity contribution in [2.24, 2.45) is 5.92 Å². The van der Waals surface area contributed by atoms with E-state index in [4.69, 9.17) is 5.73 Å². The number of carbonyl (C=O) groups excluding carboxylic acids is 1. The van der Waals surface area contributed by atoms with Crippen LogP contribution in [0.3, 0.4) is 0 Å². The van der Waals surface area contributed by atoms with Gasteiger partial charge in [-0.1, -0.05) is 33.1 Å². The standard InChI is InChI=1S/C15H23FN2O/c1-3-5-6-11(4-2)10-18-15(19)12-7-8-14(17)13(16)9-12/h7-9,11H,3-6,10,17H2,1-2H3,(H,18,19). The smallest absolute Gasteiger partial charge is 0.251 e. The monoisotopic (exact) mass is 266 g/mol. The van der Waals surface area contributed by atoms with Gasteiger partial charge >= 0.3 is 0 Å². The molecule has 1 unspecified atom stereocenters. The molecule has 3 N–H and O–H groups in total. The quantitative estimate of drug-likeness (QED) is 0.743. The largest absolute Gasteiger partial charge is 0.396 e. The van der Waals surface area contributed by atoms with Crippen molar-refractivity contribution in [2.75, 3.05) is 12.3 Å². The Hall–Kier alpha value is -1.58. The van der Waals surface area contributed by atoms with E-state index in [2.05, 4.69) is 19.2 Å². The maximum Gasteiger partial charge on any atom is 0.251 e. The molecule has 0 radical (unpaired) electrons. The van der Waals surface area contributed by atoms with Crippen LogP contribution < -0.4 is 11.1 Å². The summed E-state index contributed by atoms with van der Waals surface area (Å²) in [6.07, 6.45) is 4.48. The van der Waals surface area contributed by atoms with Crippen LogP contribution in [-0.4, -0.2) is 12.5 Å². The minimum absolute atomic E-state index is 0.0610. The number of carbonyl (C=O) groups is 1. The van der Waals surface area contributed by atoms with Crippen molar-refractivity contribution >= 4 is 11.6 Å². The lowest BCUT2D eigenvalue weighted by atomic mass is 9.99. The minimum atomic E-state index is -0.550.